The van der Waals surface area contributed by atoms with Gasteiger partial charge in [-0.3, -0.25) is 4.79 Å². The van der Waals surface area contributed by atoms with Crippen LogP contribution in [0.2, 0.25) is 0 Å². The number of nitrogens with one attached hydrogen (secondary N) is 1. The SMILES string of the molecule is CC(CC(=O)NCC1CCCO1)c1ccc2c(c1)OCCO2. The van der Waals surface area contributed by atoms with Crippen LogP contribution in [0.4, 0.5) is 0 Å². The number of benzene rings is 1. The third-order valence-corrected chi connectivity index (χ3v) is 4.18. The van der Waals surface area contributed by atoms with Crippen LogP contribution in [0.1, 0.15) is 37.7 Å². The third-order valence-electron chi connectivity index (χ3n) is 4.18. The van der Waals surface area contributed by atoms with E-state index in [1.165, 1.54) is 0 Å². The Kier molecular flexibility index (Phi) is 4.83. The number of fused-ring (bicyclic) bond motifs is 1. The summed E-state index contributed by atoms with van der Waals surface area (Å²) in [6.07, 6.45) is 2.78. The molecule has 1 aromatic carbocycles. The molecule has 1 aromatic rings. The van der Waals surface area contributed by atoms with Crippen LogP contribution in [-0.2, 0) is 9.53 Å². The molecule has 1 fully saturated rings. The molecule has 2 aliphatic heterocycles. The Morgan fingerprint density at radius 1 is 1.27 bits per heavy atom. The van der Waals surface area contributed by atoms with Gasteiger partial charge in [0.2, 0.25) is 5.91 Å². The fourth-order valence-electron chi connectivity index (χ4n) is 2.87. The Bertz CT molecular complexity index is 525. The summed E-state index contributed by atoms with van der Waals surface area (Å²) in [5.41, 5.74) is 1.09. The van der Waals surface area contributed by atoms with Crippen LogP contribution in [0.3, 0.4) is 0 Å². The van der Waals surface area contributed by atoms with E-state index in [9.17, 15) is 4.79 Å². The zero-order chi connectivity index (χ0) is 15.4. The average Bonchev–Trinajstić information content (AvgIpc) is 3.06. The lowest BCUT2D eigenvalue weighted by molar-refractivity contribution is -0.121. The summed E-state index contributed by atoms with van der Waals surface area (Å²) >= 11 is 0. The molecule has 2 atom stereocenters. The van der Waals surface area contributed by atoms with Crippen LogP contribution in [0.5, 0.6) is 11.5 Å². The van der Waals surface area contributed by atoms with Gasteiger partial charge in [0, 0.05) is 19.6 Å². The lowest BCUT2D eigenvalue weighted by Crippen LogP contribution is -2.32. The second kappa shape index (κ2) is 7.01. The third kappa shape index (κ3) is 3.71. The van der Waals surface area contributed by atoms with Gasteiger partial charge in [0.15, 0.2) is 11.5 Å². The van der Waals surface area contributed by atoms with Crippen molar-refractivity contribution in [3.05, 3.63) is 23.8 Å². The molecular formula is C17H23NO4. The van der Waals surface area contributed by atoms with E-state index in [0.29, 0.717) is 26.2 Å². The summed E-state index contributed by atoms with van der Waals surface area (Å²) in [6.45, 7) is 4.65. The second-order valence-electron chi connectivity index (χ2n) is 5.95. The van der Waals surface area contributed by atoms with Crippen LogP contribution in [0.25, 0.3) is 0 Å². The highest BCUT2D eigenvalue weighted by atomic mass is 16.6. The maximum atomic E-state index is 12.0. The fourth-order valence-corrected chi connectivity index (χ4v) is 2.87. The van der Waals surface area contributed by atoms with E-state index in [2.05, 4.69) is 12.2 Å². The Balaban J connectivity index is 1.52. The lowest BCUT2D eigenvalue weighted by Gasteiger charge is -2.20. The van der Waals surface area contributed by atoms with Gasteiger partial charge in [0.25, 0.3) is 0 Å². The van der Waals surface area contributed by atoms with E-state index in [1.807, 2.05) is 18.2 Å². The number of hydrogen-bond acceptors (Lipinski definition) is 4. The second-order valence-corrected chi connectivity index (χ2v) is 5.95. The summed E-state index contributed by atoms with van der Waals surface area (Å²) < 4.78 is 16.6. The van der Waals surface area contributed by atoms with Crippen LogP contribution in [0, 0.1) is 0 Å². The minimum Gasteiger partial charge on any atom is -0.486 e. The molecule has 1 amide bonds. The smallest absolute Gasteiger partial charge is 0.220 e. The first kappa shape index (κ1) is 15.2. The van der Waals surface area contributed by atoms with Crippen molar-refractivity contribution in [1.82, 2.24) is 5.32 Å². The van der Waals surface area contributed by atoms with Gasteiger partial charge < -0.3 is 19.5 Å². The first-order chi connectivity index (χ1) is 10.7. The van der Waals surface area contributed by atoms with E-state index in [-0.39, 0.29) is 17.9 Å². The van der Waals surface area contributed by atoms with E-state index >= 15 is 0 Å². The van der Waals surface area contributed by atoms with E-state index in [4.69, 9.17) is 14.2 Å². The summed E-state index contributed by atoms with van der Waals surface area (Å²) in [4.78, 5) is 12.0. The van der Waals surface area contributed by atoms with Crippen molar-refractivity contribution < 1.29 is 19.0 Å². The minimum absolute atomic E-state index is 0.0675. The summed E-state index contributed by atoms with van der Waals surface area (Å²) in [5, 5.41) is 2.97. The summed E-state index contributed by atoms with van der Waals surface area (Å²) in [7, 11) is 0. The molecule has 0 aromatic heterocycles. The molecule has 1 N–H and O–H groups in total. The van der Waals surface area contributed by atoms with Gasteiger partial charge in [-0.2, -0.15) is 0 Å². The normalized spacial score (nSPS) is 21.4. The predicted molar refractivity (Wildman–Crippen MR) is 82.4 cm³/mol. The predicted octanol–water partition coefficient (Wildman–Crippen LogP) is 2.25. The lowest BCUT2D eigenvalue weighted by atomic mass is 9.97. The largest absolute Gasteiger partial charge is 0.486 e. The first-order valence-electron chi connectivity index (χ1n) is 8.00. The van der Waals surface area contributed by atoms with Crippen molar-refractivity contribution in [3.63, 3.8) is 0 Å². The molecule has 2 unspecified atom stereocenters. The van der Waals surface area contributed by atoms with E-state index in [1.54, 1.807) is 0 Å². The maximum Gasteiger partial charge on any atom is 0.220 e. The summed E-state index contributed by atoms with van der Waals surface area (Å²) in [6, 6.07) is 5.91. The average molecular weight is 305 g/mol. The van der Waals surface area contributed by atoms with Gasteiger partial charge in [0.1, 0.15) is 13.2 Å². The topological polar surface area (TPSA) is 56.8 Å². The van der Waals surface area contributed by atoms with E-state index < -0.39 is 0 Å². The Labute approximate surface area is 130 Å². The van der Waals surface area contributed by atoms with Gasteiger partial charge in [0.05, 0.1) is 6.10 Å². The van der Waals surface area contributed by atoms with Crippen molar-refractivity contribution in [2.75, 3.05) is 26.4 Å². The van der Waals surface area contributed by atoms with Crippen molar-refractivity contribution in [1.29, 1.82) is 0 Å². The highest BCUT2D eigenvalue weighted by molar-refractivity contribution is 5.76. The molecule has 1 saturated heterocycles. The Morgan fingerprint density at radius 2 is 2.09 bits per heavy atom. The number of hydrogen-bond donors (Lipinski definition) is 1. The van der Waals surface area contributed by atoms with Gasteiger partial charge in [-0.05, 0) is 36.5 Å². The molecule has 0 saturated carbocycles. The zero-order valence-corrected chi connectivity index (χ0v) is 13.0. The van der Waals surface area contributed by atoms with Crippen LogP contribution in [-0.4, -0.2) is 38.4 Å². The molecule has 22 heavy (non-hydrogen) atoms. The van der Waals surface area contributed by atoms with Crippen LogP contribution in [0.15, 0.2) is 18.2 Å². The van der Waals surface area contributed by atoms with Gasteiger partial charge in [-0.15, -0.1) is 0 Å². The maximum absolute atomic E-state index is 12.0. The molecule has 5 heteroatoms. The molecule has 0 aliphatic carbocycles. The Morgan fingerprint density at radius 3 is 2.86 bits per heavy atom. The number of amides is 1. The standard InChI is InChI=1S/C17H23NO4/c1-12(9-17(19)18-11-14-3-2-6-20-14)13-4-5-15-16(10-13)22-8-7-21-15/h4-5,10,12,14H,2-3,6-9,11H2,1H3,(H,18,19). The van der Waals surface area contributed by atoms with Gasteiger partial charge >= 0.3 is 0 Å². The van der Waals surface area contributed by atoms with Crippen LogP contribution >= 0.6 is 0 Å². The van der Waals surface area contributed by atoms with Crippen LogP contribution < -0.4 is 14.8 Å². The first-order valence-corrected chi connectivity index (χ1v) is 8.00. The molecule has 3 rings (SSSR count). The van der Waals surface area contributed by atoms with E-state index in [0.717, 1.165) is 36.5 Å². The zero-order valence-electron chi connectivity index (χ0n) is 13.0. The fraction of sp³-hybridized carbons (Fsp3) is 0.588. The highest BCUT2D eigenvalue weighted by Gasteiger charge is 2.19. The molecule has 0 radical (unpaired) electrons. The number of rotatable bonds is 5. The quantitative estimate of drug-likeness (QED) is 0.906. The minimum atomic E-state index is 0.0675. The number of ether oxygens (including phenoxy) is 3. The van der Waals surface area contributed by atoms with Gasteiger partial charge in [-0.1, -0.05) is 13.0 Å². The number of carbonyl (C=O) groups excluding carboxylic acids is 1. The van der Waals surface area contributed by atoms with Crippen molar-refractivity contribution in [2.45, 2.75) is 38.2 Å². The molecule has 5 nitrogen and oxygen atoms in total. The molecule has 2 aliphatic rings. The molecule has 0 spiro atoms. The van der Waals surface area contributed by atoms with Crippen molar-refractivity contribution in [2.24, 2.45) is 0 Å². The Hall–Kier alpha value is -1.75. The molecule has 0 bridgehead atoms. The van der Waals surface area contributed by atoms with Crippen molar-refractivity contribution >= 4 is 5.91 Å². The monoisotopic (exact) mass is 305 g/mol. The molecular weight excluding hydrogens is 282 g/mol. The highest BCUT2D eigenvalue weighted by Crippen LogP contribution is 2.33. The molecule has 120 valence electrons. The number of carbonyl (C=O) groups is 1. The van der Waals surface area contributed by atoms with Gasteiger partial charge in [-0.25, -0.2) is 0 Å². The summed E-state index contributed by atoms with van der Waals surface area (Å²) in [5.74, 6) is 1.76. The molecule has 2 heterocycles. The van der Waals surface area contributed by atoms with Crippen molar-refractivity contribution in [3.8, 4) is 11.5 Å².